The number of halogens is 1. The first-order valence-electron chi connectivity index (χ1n) is 11.8. The molecular formula is C27H27FN4O2S. The van der Waals surface area contributed by atoms with Gasteiger partial charge in [-0.2, -0.15) is 0 Å². The van der Waals surface area contributed by atoms with Gasteiger partial charge in [0.2, 0.25) is 11.9 Å². The minimum atomic E-state index is -0.299. The van der Waals surface area contributed by atoms with Gasteiger partial charge in [-0.25, -0.2) is 9.37 Å². The second kappa shape index (κ2) is 10.00. The van der Waals surface area contributed by atoms with Gasteiger partial charge in [0.15, 0.2) is 0 Å². The normalized spacial score (nSPS) is 16.9. The number of carbonyl (C=O) groups excluding carboxylic acids is 1. The van der Waals surface area contributed by atoms with Gasteiger partial charge in [-0.05, 0) is 54.5 Å². The smallest absolute Gasteiger partial charge is 0.273 e. The summed E-state index contributed by atoms with van der Waals surface area (Å²) in [7, 11) is 0. The molecular weight excluding hydrogens is 463 g/mol. The molecule has 5 rings (SSSR count). The maximum absolute atomic E-state index is 13.4. The van der Waals surface area contributed by atoms with Crippen molar-refractivity contribution < 1.29 is 9.18 Å². The Morgan fingerprint density at radius 3 is 2.71 bits per heavy atom. The topological polar surface area (TPSA) is 67.2 Å². The van der Waals surface area contributed by atoms with Crippen molar-refractivity contribution in [2.45, 2.75) is 32.4 Å². The van der Waals surface area contributed by atoms with Crippen molar-refractivity contribution in [1.29, 1.82) is 0 Å². The van der Waals surface area contributed by atoms with E-state index in [2.05, 4.69) is 10.2 Å². The lowest BCUT2D eigenvalue weighted by Crippen LogP contribution is -2.45. The Bertz CT molecular complexity index is 1380. The zero-order valence-corrected chi connectivity index (χ0v) is 20.3. The number of thiophene rings is 1. The lowest BCUT2D eigenvalue weighted by atomic mass is 9.96. The fourth-order valence-electron chi connectivity index (χ4n) is 4.62. The molecule has 0 bridgehead atoms. The van der Waals surface area contributed by atoms with Crippen LogP contribution in [-0.4, -0.2) is 28.5 Å². The summed E-state index contributed by atoms with van der Waals surface area (Å²) in [4.78, 5) is 33.5. The first kappa shape index (κ1) is 23.2. The number of rotatable bonds is 6. The van der Waals surface area contributed by atoms with Gasteiger partial charge in [-0.3, -0.25) is 14.2 Å². The number of hydrogen-bond acceptors (Lipinski definition) is 5. The molecule has 1 amide bonds. The molecule has 0 radical (unpaired) electrons. The molecule has 180 valence electrons. The van der Waals surface area contributed by atoms with E-state index in [9.17, 15) is 14.0 Å². The number of hydrogen-bond donors (Lipinski definition) is 1. The van der Waals surface area contributed by atoms with E-state index in [4.69, 9.17) is 4.98 Å². The van der Waals surface area contributed by atoms with Crippen LogP contribution in [-0.2, 0) is 11.3 Å². The van der Waals surface area contributed by atoms with Crippen molar-refractivity contribution in [3.8, 4) is 0 Å². The number of nitrogens with one attached hydrogen (secondary N) is 1. The van der Waals surface area contributed by atoms with E-state index in [0.717, 1.165) is 30.5 Å². The fraction of sp³-hybridized carbons (Fsp3) is 0.296. The Morgan fingerprint density at radius 1 is 1.17 bits per heavy atom. The van der Waals surface area contributed by atoms with E-state index < -0.39 is 0 Å². The summed E-state index contributed by atoms with van der Waals surface area (Å²) in [6.45, 7) is 3.53. The van der Waals surface area contributed by atoms with Crippen molar-refractivity contribution in [2.24, 2.45) is 5.92 Å². The molecule has 1 fully saturated rings. The van der Waals surface area contributed by atoms with Crippen molar-refractivity contribution >= 4 is 33.4 Å². The standard InChI is InChI=1S/C27H27FN4O2S/c1-18(20-9-11-22(28)12-10-20)29-25(33)21-8-5-14-31(17-21)27-30-23-13-15-35-24(23)26(34)32(27)16-19-6-3-2-4-7-19/h2-4,6-7,9-13,15,18,21H,5,8,14,16-17H2,1H3,(H,29,33)/t18-,21-/m0/s1. The van der Waals surface area contributed by atoms with Crippen molar-refractivity contribution in [3.05, 3.63) is 93.3 Å². The highest BCUT2D eigenvalue weighted by atomic mass is 32.1. The van der Waals surface area contributed by atoms with Crippen molar-refractivity contribution in [1.82, 2.24) is 14.9 Å². The second-order valence-electron chi connectivity index (χ2n) is 8.99. The zero-order chi connectivity index (χ0) is 24.4. The summed E-state index contributed by atoms with van der Waals surface area (Å²) in [6, 6.07) is 17.7. The third-order valence-electron chi connectivity index (χ3n) is 6.53. The molecule has 6 nitrogen and oxygen atoms in total. The molecule has 0 saturated carbocycles. The van der Waals surface area contributed by atoms with Gasteiger partial charge >= 0.3 is 0 Å². The number of aromatic nitrogens is 2. The predicted molar refractivity (Wildman–Crippen MR) is 137 cm³/mol. The van der Waals surface area contributed by atoms with E-state index in [1.807, 2.05) is 48.7 Å². The Balaban J connectivity index is 1.39. The van der Waals surface area contributed by atoms with Gasteiger partial charge in [-0.15, -0.1) is 11.3 Å². The number of amides is 1. The van der Waals surface area contributed by atoms with Gasteiger partial charge < -0.3 is 10.2 Å². The number of nitrogens with zero attached hydrogens (tertiary/aromatic N) is 3. The van der Waals surface area contributed by atoms with Crippen LogP contribution in [0.3, 0.4) is 0 Å². The van der Waals surface area contributed by atoms with Crippen LogP contribution in [0.4, 0.5) is 10.3 Å². The Labute approximate surface area is 207 Å². The highest BCUT2D eigenvalue weighted by Crippen LogP contribution is 2.26. The average molecular weight is 491 g/mol. The molecule has 8 heteroatoms. The number of anilines is 1. The van der Waals surface area contributed by atoms with Crippen LogP contribution in [0.15, 0.2) is 70.8 Å². The first-order valence-corrected chi connectivity index (χ1v) is 12.7. The number of piperidine rings is 1. The molecule has 3 heterocycles. The van der Waals surface area contributed by atoms with Crippen LogP contribution in [0, 0.1) is 11.7 Å². The lowest BCUT2D eigenvalue weighted by Gasteiger charge is -2.34. The van der Waals surface area contributed by atoms with Gasteiger partial charge in [-0.1, -0.05) is 42.5 Å². The highest BCUT2D eigenvalue weighted by molar-refractivity contribution is 7.17. The minimum Gasteiger partial charge on any atom is -0.349 e. The Hall–Kier alpha value is -3.52. The largest absolute Gasteiger partial charge is 0.349 e. The van der Waals surface area contributed by atoms with Gasteiger partial charge in [0.1, 0.15) is 10.5 Å². The third kappa shape index (κ3) is 4.98. The van der Waals surface area contributed by atoms with Gasteiger partial charge in [0, 0.05) is 13.1 Å². The molecule has 1 N–H and O–H groups in total. The van der Waals surface area contributed by atoms with Crippen LogP contribution in [0.1, 0.15) is 36.9 Å². The molecule has 1 aliphatic heterocycles. The summed E-state index contributed by atoms with van der Waals surface area (Å²) in [5.41, 5.74) is 2.51. The molecule has 0 aliphatic carbocycles. The SMILES string of the molecule is C[C@H](NC(=O)[C@H]1CCCN(c2nc3ccsc3c(=O)n2Cc2ccccc2)C1)c1ccc(F)cc1. The molecule has 0 spiro atoms. The summed E-state index contributed by atoms with van der Waals surface area (Å²) >= 11 is 1.40. The highest BCUT2D eigenvalue weighted by Gasteiger charge is 2.29. The zero-order valence-electron chi connectivity index (χ0n) is 19.5. The fourth-order valence-corrected chi connectivity index (χ4v) is 5.40. The molecule has 2 aromatic heterocycles. The van der Waals surface area contributed by atoms with Gasteiger partial charge in [0.25, 0.3) is 5.56 Å². The number of carbonyl (C=O) groups is 1. The molecule has 2 aromatic carbocycles. The molecule has 1 aliphatic rings. The van der Waals surface area contributed by atoms with Crippen molar-refractivity contribution in [2.75, 3.05) is 18.0 Å². The summed E-state index contributed by atoms with van der Waals surface area (Å²) < 4.78 is 15.6. The van der Waals surface area contributed by atoms with E-state index in [1.165, 1.54) is 23.5 Å². The third-order valence-corrected chi connectivity index (χ3v) is 7.42. The predicted octanol–water partition coefficient (Wildman–Crippen LogP) is 4.74. The Kier molecular flexibility index (Phi) is 6.63. The maximum atomic E-state index is 13.4. The average Bonchev–Trinajstić information content (AvgIpc) is 3.36. The summed E-state index contributed by atoms with van der Waals surface area (Å²) in [5.74, 6) is 0.0349. The van der Waals surface area contributed by atoms with Crippen molar-refractivity contribution in [3.63, 3.8) is 0 Å². The molecule has 35 heavy (non-hydrogen) atoms. The molecule has 4 aromatic rings. The van der Waals surface area contributed by atoms with E-state index in [-0.39, 0.29) is 29.2 Å². The van der Waals surface area contributed by atoms with Crippen LogP contribution >= 0.6 is 11.3 Å². The number of benzene rings is 2. The van der Waals surface area contributed by atoms with E-state index >= 15 is 0 Å². The van der Waals surface area contributed by atoms with Crippen LogP contribution < -0.4 is 15.8 Å². The Morgan fingerprint density at radius 2 is 1.94 bits per heavy atom. The van der Waals surface area contributed by atoms with Crippen LogP contribution in [0.25, 0.3) is 10.2 Å². The maximum Gasteiger partial charge on any atom is 0.273 e. The van der Waals surface area contributed by atoms with Crippen LogP contribution in [0.2, 0.25) is 0 Å². The lowest BCUT2D eigenvalue weighted by molar-refractivity contribution is -0.125. The minimum absolute atomic E-state index is 0.0416. The number of fused-ring (bicyclic) bond motifs is 1. The molecule has 1 saturated heterocycles. The summed E-state index contributed by atoms with van der Waals surface area (Å²) in [5, 5.41) is 4.96. The monoisotopic (exact) mass is 490 g/mol. The van der Waals surface area contributed by atoms with E-state index in [1.54, 1.807) is 16.7 Å². The second-order valence-corrected chi connectivity index (χ2v) is 9.91. The quantitative estimate of drug-likeness (QED) is 0.424. The first-order chi connectivity index (χ1) is 17.0. The van der Waals surface area contributed by atoms with Crippen LogP contribution in [0.5, 0.6) is 0 Å². The molecule has 0 unspecified atom stereocenters. The molecule has 2 atom stereocenters. The van der Waals surface area contributed by atoms with Gasteiger partial charge in [0.05, 0.1) is 24.0 Å². The summed E-state index contributed by atoms with van der Waals surface area (Å²) in [6.07, 6.45) is 1.59. The van der Waals surface area contributed by atoms with E-state index in [0.29, 0.717) is 29.3 Å².